The third-order valence-corrected chi connectivity index (χ3v) is 9.55. The molecule has 0 saturated heterocycles. The first-order valence-electron chi connectivity index (χ1n) is 17.1. The second-order valence-electron chi connectivity index (χ2n) is 12.8. The molecule has 0 saturated carbocycles. The van der Waals surface area contributed by atoms with Gasteiger partial charge in [-0.15, -0.1) is 0 Å². The van der Waals surface area contributed by atoms with Crippen molar-refractivity contribution in [2.45, 2.75) is 12.3 Å². The second kappa shape index (κ2) is 14.1. The van der Waals surface area contributed by atoms with Crippen LogP contribution in [-0.4, -0.2) is 30.6 Å². The molecule has 8 rings (SSSR count). The number of benzene rings is 5. The third-order valence-electron chi connectivity index (χ3n) is 9.55. The van der Waals surface area contributed by atoms with Gasteiger partial charge < -0.3 is 0 Å². The van der Waals surface area contributed by atoms with E-state index in [1.54, 1.807) is 0 Å². The lowest BCUT2D eigenvalue weighted by atomic mass is 9.79. The molecule has 240 valence electrons. The molecule has 0 spiro atoms. The molecule has 1 heterocycles. The first-order valence-corrected chi connectivity index (χ1v) is 17.1. The lowest BCUT2D eigenvalue weighted by Crippen LogP contribution is -2.17. The van der Waals surface area contributed by atoms with E-state index in [9.17, 15) is 5.41 Å². The summed E-state index contributed by atoms with van der Waals surface area (Å²) >= 11 is 0. The normalized spacial score (nSPS) is 18.7. The summed E-state index contributed by atoms with van der Waals surface area (Å²) in [4.78, 5) is 14.4. The lowest BCUT2D eigenvalue weighted by Gasteiger charge is -2.27. The fourth-order valence-electron chi connectivity index (χ4n) is 6.96. The van der Waals surface area contributed by atoms with Crippen LogP contribution < -0.4 is 0 Å². The van der Waals surface area contributed by atoms with E-state index < -0.39 is 0 Å². The number of hydrogen-bond acceptors (Lipinski definition) is 2. The van der Waals surface area contributed by atoms with E-state index in [0.717, 1.165) is 34.4 Å². The summed E-state index contributed by atoms with van der Waals surface area (Å²) in [6.45, 7) is 0.753. The van der Waals surface area contributed by atoms with Crippen molar-refractivity contribution in [3.8, 4) is 11.1 Å². The molecule has 3 aliphatic rings. The Morgan fingerprint density at radius 1 is 0.760 bits per heavy atom. The third kappa shape index (κ3) is 6.56. The Morgan fingerprint density at radius 3 is 2.36 bits per heavy atom. The molecule has 50 heavy (non-hydrogen) atoms. The van der Waals surface area contributed by atoms with Crippen LogP contribution in [0.3, 0.4) is 0 Å². The van der Waals surface area contributed by atoms with Crippen LogP contribution in [0.1, 0.15) is 29.0 Å². The van der Waals surface area contributed by atoms with E-state index in [2.05, 4.69) is 103 Å². The van der Waals surface area contributed by atoms with E-state index in [0.29, 0.717) is 12.3 Å². The maximum atomic E-state index is 9.38. The van der Waals surface area contributed by atoms with Gasteiger partial charge in [-0.3, -0.25) is 10.4 Å². The largest absolute Gasteiger partial charge is 0.292 e. The van der Waals surface area contributed by atoms with E-state index in [4.69, 9.17) is 15.0 Å². The summed E-state index contributed by atoms with van der Waals surface area (Å²) in [6.07, 6.45) is 17.6. The molecule has 2 aliphatic carbocycles. The Labute approximate surface area is 293 Å². The minimum absolute atomic E-state index is 0.0556. The summed E-state index contributed by atoms with van der Waals surface area (Å²) in [7, 11) is 0. The molecule has 4 nitrogen and oxygen atoms in total. The zero-order chi connectivity index (χ0) is 33.7. The van der Waals surface area contributed by atoms with Crippen LogP contribution in [0, 0.1) is 11.3 Å². The zero-order valence-corrected chi connectivity index (χ0v) is 27.7. The number of amidine groups is 2. The predicted molar refractivity (Wildman–Crippen MR) is 210 cm³/mol. The van der Waals surface area contributed by atoms with Gasteiger partial charge in [0, 0.05) is 41.9 Å². The molecule has 4 heteroatoms. The molecule has 0 fully saturated rings. The molecule has 1 aliphatic heterocycles. The molecule has 0 aromatic heterocycles. The maximum Gasteiger partial charge on any atom is 0.161 e. The first kappa shape index (κ1) is 31.0. The van der Waals surface area contributed by atoms with Crippen molar-refractivity contribution in [3.05, 3.63) is 203 Å². The van der Waals surface area contributed by atoms with E-state index in [-0.39, 0.29) is 17.7 Å². The van der Waals surface area contributed by atoms with Gasteiger partial charge in [0.05, 0.1) is 0 Å². The van der Waals surface area contributed by atoms with Crippen molar-refractivity contribution in [1.82, 2.24) is 0 Å². The van der Waals surface area contributed by atoms with Crippen molar-refractivity contribution in [1.29, 1.82) is 5.41 Å². The number of allylic oxidation sites excluding steroid dienone is 7. The highest BCUT2D eigenvalue weighted by Gasteiger charge is 2.26. The van der Waals surface area contributed by atoms with Gasteiger partial charge >= 0.3 is 0 Å². The van der Waals surface area contributed by atoms with Gasteiger partial charge in [0.2, 0.25) is 0 Å². The van der Waals surface area contributed by atoms with E-state index >= 15 is 0 Å². The fourth-order valence-corrected chi connectivity index (χ4v) is 6.96. The van der Waals surface area contributed by atoms with Gasteiger partial charge in [-0.1, -0.05) is 158 Å². The summed E-state index contributed by atoms with van der Waals surface area (Å²) < 4.78 is 0. The SMILES string of the molecule is N=C(N=C(N=Cc1ccccc1)c1ccccc1)C1=CC(C2=C3C=CC=CC3CN=C2)=CC(c2ccc(-c3cccc4ccccc34)cc2)C1. The monoisotopic (exact) mass is 644 g/mol. The van der Waals surface area contributed by atoms with Crippen molar-refractivity contribution in [3.63, 3.8) is 0 Å². The molecule has 0 amide bonds. The molecule has 2 unspecified atom stereocenters. The van der Waals surface area contributed by atoms with Crippen molar-refractivity contribution >= 4 is 34.9 Å². The molecule has 5 aromatic rings. The Kier molecular flexibility index (Phi) is 8.74. The Hall–Kier alpha value is -6.26. The molecular weight excluding hydrogens is 609 g/mol. The highest BCUT2D eigenvalue weighted by Crippen LogP contribution is 2.38. The number of nitrogens with zero attached hydrogens (tertiary/aromatic N) is 3. The number of hydrogen-bond donors (Lipinski definition) is 1. The highest BCUT2D eigenvalue weighted by atomic mass is 15.0. The summed E-state index contributed by atoms with van der Waals surface area (Å²) in [5.41, 5.74) is 9.78. The summed E-state index contributed by atoms with van der Waals surface area (Å²) in [6, 6.07) is 43.9. The van der Waals surface area contributed by atoms with Crippen LogP contribution in [0.4, 0.5) is 0 Å². The van der Waals surface area contributed by atoms with E-state index in [1.807, 2.05) is 73.1 Å². The number of rotatable bonds is 6. The van der Waals surface area contributed by atoms with Crippen molar-refractivity contribution < 1.29 is 0 Å². The minimum atomic E-state index is 0.0556. The number of dihydropyridines is 1. The molecule has 0 radical (unpaired) electrons. The smallest absolute Gasteiger partial charge is 0.161 e. The molecule has 0 bridgehead atoms. The average Bonchev–Trinajstić information content (AvgIpc) is 3.19. The van der Waals surface area contributed by atoms with Gasteiger partial charge in [0.1, 0.15) is 5.84 Å². The zero-order valence-electron chi connectivity index (χ0n) is 27.7. The number of nitrogens with one attached hydrogen (secondary N) is 1. The van der Waals surface area contributed by atoms with Crippen LogP contribution in [0.25, 0.3) is 21.9 Å². The van der Waals surface area contributed by atoms with Crippen molar-refractivity contribution in [2.24, 2.45) is 20.9 Å². The van der Waals surface area contributed by atoms with E-state index in [1.165, 1.54) is 33.0 Å². The first-order chi connectivity index (χ1) is 24.7. The molecule has 1 N–H and O–H groups in total. The Morgan fingerprint density at radius 2 is 1.52 bits per heavy atom. The van der Waals surface area contributed by atoms with Gasteiger partial charge in [-0.05, 0) is 62.2 Å². The Balaban J connectivity index is 1.18. The standard InChI is InChI=1S/C46H36N4/c47-45(50-46(36-15-5-2-6-16-36)49-29-32-12-3-1-4-13-32)40-27-38(26-39(28-40)44-31-48-30-37-17-8-10-20-43(37)44)33-22-24-35(25-23-33)42-21-11-18-34-14-7-9-19-41(34)42/h1-26,28-29,31,37-38,47H,27,30H2. The van der Waals surface area contributed by atoms with Crippen molar-refractivity contribution in [2.75, 3.05) is 6.54 Å². The van der Waals surface area contributed by atoms with Crippen LogP contribution >= 0.6 is 0 Å². The van der Waals surface area contributed by atoms with Gasteiger partial charge in [0.25, 0.3) is 0 Å². The minimum Gasteiger partial charge on any atom is -0.292 e. The quantitative estimate of drug-likeness (QED) is 0.141. The number of aliphatic imine (C=N–C) groups is 3. The Bertz CT molecular complexity index is 2310. The van der Waals surface area contributed by atoms with Gasteiger partial charge in [-0.25, -0.2) is 9.98 Å². The molecule has 2 atom stereocenters. The molecule has 5 aromatic carbocycles. The van der Waals surface area contributed by atoms with Crippen LogP contribution in [0.5, 0.6) is 0 Å². The summed E-state index contributed by atoms with van der Waals surface area (Å²) in [5, 5.41) is 11.9. The average molecular weight is 645 g/mol. The lowest BCUT2D eigenvalue weighted by molar-refractivity contribution is 0.767. The van der Waals surface area contributed by atoms with Gasteiger partial charge in [-0.2, -0.15) is 0 Å². The maximum absolute atomic E-state index is 9.38. The fraction of sp³-hybridized carbons (Fsp3) is 0.0870. The molecular formula is C46H36N4. The van der Waals surface area contributed by atoms with Crippen LogP contribution in [-0.2, 0) is 0 Å². The highest BCUT2D eigenvalue weighted by molar-refractivity contribution is 6.13. The van der Waals surface area contributed by atoms with Gasteiger partial charge in [0.15, 0.2) is 5.84 Å². The predicted octanol–water partition coefficient (Wildman–Crippen LogP) is 10.5. The summed E-state index contributed by atoms with van der Waals surface area (Å²) in [5.74, 6) is 1.04. The second-order valence-corrected chi connectivity index (χ2v) is 12.8. The number of fused-ring (bicyclic) bond motifs is 2. The topological polar surface area (TPSA) is 60.9 Å². The van der Waals surface area contributed by atoms with Crippen LogP contribution in [0.2, 0.25) is 0 Å². The van der Waals surface area contributed by atoms with Crippen LogP contribution in [0.15, 0.2) is 201 Å².